The maximum absolute atomic E-state index is 12.0. The second-order valence-electron chi connectivity index (χ2n) is 4.72. The van der Waals surface area contributed by atoms with Crippen molar-refractivity contribution in [1.29, 1.82) is 0 Å². The lowest BCUT2D eigenvalue weighted by atomic mass is 10.2. The van der Waals surface area contributed by atoms with Gasteiger partial charge in [0.2, 0.25) is 5.91 Å². The maximum Gasteiger partial charge on any atom is 0.246 e. The van der Waals surface area contributed by atoms with Gasteiger partial charge in [0.25, 0.3) is 0 Å². The normalized spacial score (nSPS) is 9.86. The van der Waals surface area contributed by atoms with Crippen LogP contribution in [0.5, 0.6) is 0 Å². The monoisotopic (exact) mass is 282 g/mol. The van der Waals surface area contributed by atoms with Crippen LogP contribution in [0.25, 0.3) is 0 Å². The number of nitrogens with two attached hydrogens (primary N) is 1. The van der Waals surface area contributed by atoms with Crippen LogP contribution in [0.2, 0.25) is 0 Å². The molecule has 1 aromatic heterocycles. The first-order chi connectivity index (χ1) is 10.1. The van der Waals surface area contributed by atoms with Crippen molar-refractivity contribution in [2.45, 2.75) is 20.4 Å². The van der Waals surface area contributed by atoms with E-state index in [2.05, 4.69) is 22.3 Å². The fraction of sp³-hybridized carbons (Fsp3) is 0.250. The van der Waals surface area contributed by atoms with E-state index in [0.29, 0.717) is 12.2 Å². The molecule has 0 unspecified atom stereocenters. The van der Waals surface area contributed by atoms with Crippen LogP contribution in [-0.2, 0) is 11.3 Å². The van der Waals surface area contributed by atoms with Crippen LogP contribution in [0, 0.1) is 25.7 Å². The molecule has 2 rings (SSSR count). The van der Waals surface area contributed by atoms with Crippen molar-refractivity contribution in [3.05, 3.63) is 47.3 Å². The van der Waals surface area contributed by atoms with Crippen molar-refractivity contribution in [2.24, 2.45) is 5.73 Å². The Morgan fingerprint density at radius 2 is 2.19 bits per heavy atom. The van der Waals surface area contributed by atoms with E-state index in [0.717, 1.165) is 17.0 Å². The third-order valence-electron chi connectivity index (χ3n) is 2.88. The molecule has 5 heteroatoms. The lowest BCUT2D eigenvalue weighted by Crippen LogP contribution is -2.20. The Bertz CT molecular complexity index is 707. The summed E-state index contributed by atoms with van der Waals surface area (Å²) in [5.74, 6) is 5.60. The van der Waals surface area contributed by atoms with Crippen molar-refractivity contribution < 1.29 is 4.79 Å². The van der Waals surface area contributed by atoms with Gasteiger partial charge in [-0.2, -0.15) is 5.10 Å². The number of anilines is 1. The molecule has 0 bridgehead atoms. The molecule has 0 aliphatic heterocycles. The summed E-state index contributed by atoms with van der Waals surface area (Å²) >= 11 is 0. The minimum absolute atomic E-state index is 0.120. The summed E-state index contributed by atoms with van der Waals surface area (Å²) in [7, 11) is 0. The van der Waals surface area contributed by atoms with E-state index < -0.39 is 0 Å². The Balaban J connectivity index is 2.04. The summed E-state index contributed by atoms with van der Waals surface area (Å²) < 4.78 is 1.68. The largest absolute Gasteiger partial charge is 0.324 e. The maximum atomic E-state index is 12.0. The zero-order valence-electron chi connectivity index (χ0n) is 12.2. The molecule has 0 atom stereocenters. The average molecular weight is 282 g/mol. The summed E-state index contributed by atoms with van der Waals surface area (Å²) in [5.41, 5.74) is 8.75. The Morgan fingerprint density at radius 3 is 2.86 bits per heavy atom. The van der Waals surface area contributed by atoms with Crippen LogP contribution in [0.15, 0.2) is 30.3 Å². The minimum atomic E-state index is -0.120. The molecule has 0 spiro atoms. The SMILES string of the molecule is Cc1cc(C)n(CC(=O)Nc2cccc(C#CCN)c2)n1. The Hall–Kier alpha value is -2.58. The van der Waals surface area contributed by atoms with Crippen molar-refractivity contribution in [1.82, 2.24) is 9.78 Å². The van der Waals surface area contributed by atoms with E-state index in [1.807, 2.05) is 44.2 Å². The van der Waals surface area contributed by atoms with Gasteiger partial charge in [-0.15, -0.1) is 0 Å². The fourth-order valence-electron chi connectivity index (χ4n) is 2.00. The molecule has 1 amide bonds. The highest BCUT2D eigenvalue weighted by molar-refractivity contribution is 5.90. The molecule has 0 saturated carbocycles. The van der Waals surface area contributed by atoms with Gasteiger partial charge in [0, 0.05) is 16.9 Å². The van der Waals surface area contributed by atoms with Gasteiger partial charge in [0.05, 0.1) is 12.2 Å². The summed E-state index contributed by atoms with van der Waals surface area (Å²) in [6, 6.07) is 9.31. The number of hydrogen-bond acceptors (Lipinski definition) is 3. The summed E-state index contributed by atoms with van der Waals surface area (Å²) in [5, 5.41) is 7.11. The van der Waals surface area contributed by atoms with E-state index in [9.17, 15) is 4.79 Å². The van der Waals surface area contributed by atoms with Gasteiger partial charge in [0.1, 0.15) is 6.54 Å². The molecular weight excluding hydrogens is 264 g/mol. The lowest BCUT2D eigenvalue weighted by molar-refractivity contribution is -0.116. The van der Waals surface area contributed by atoms with Crippen LogP contribution in [0.3, 0.4) is 0 Å². The Morgan fingerprint density at radius 1 is 1.38 bits per heavy atom. The summed E-state index contributed by atoms with van der Waals surface area (Å²) in [6.07, 6.45) is 0. The predicted molar refractivity (Wildman–Crippen MR) is 82.7 cm³/mol. The number of rotatable bonds is 3. The standard InChI is InChI=1S/C16H18N4O/c1-12-9-13(2)20(19-12)11-16(21)18-15-7-3-5-14(10-15)6-4-8-17/h3,5,7,9-10H,8,11,17H2,1-2H3,(H,18,21). The second kappa shape index (κ2) is 6.73. The third-order valence-corrected chi connectivity index (χ3v) is 2.88. The molecule has 2 aromatic rings. The number of carbonyl (C=O) groups excluding carboxylic acids is 1. The third kappa shape index (κ3) is 4.20. The first-order valence-corrected chi connectivity index (χ1v) is 6.68. The number of nitrogens with zero attached hydrogens (tertiary/aromatic N) is 2. The molecule has 5 nitrogen and oxygen atoms in total. The summed E-state index contributed by atoms with van der Waals surface area (Å²) in [6.45, 7) is 4.34. The molecule has 1 aromatic carbocycles. The number of aromatic nitrogens is 2. The zero-order valence-corrected chi connectivity index (χ0v) is 12.2. The molecule has 21 heavy (non-hydrogen) atoms. The minimum Gasteiger partial charge on any atom is -0.324 e. The predicted octanol–water partition coefficient (Wildman–Crippen LogP) is 1.45. The molecule has 0 aliphatic carbocycles. The summed E-state index contributed by atoms with van der Waals surface area (Å²) in [4.78, 5) is 12.0. The van der Waals surface area contributed by atoms with Crippen molar-refractivity contribution >= 4 is 11.6 Å². The first kappa shape index (κ1) is 14.8. The van der Waals surface area contributed by atoms with E-state index in [1.165, 1.54) is 0 Å². The molecule has 0 fully saturated rings. The topological polar surface area (TPSA) is 72.9 Å². The molecule has 0 saturated heterocycles. The van der Waals surface area contributed by atoms with E-state index in [-0.39, 0.29) is 12.5 Å². The van der Waals surface area contributed by atoms with Gasteiger partial charge < -0.3 is 11.1 Å². The number of hydrogen-bond donors (Lipinski definition) is 2. The molecule has 3 N–H and O–H groups in total. The van der Waals surface area contributed by atoms with Crippen LogP contribution in [-0.4, -0.2) is 22.2 Å². The number of aryl methyl sites for hydroxylation is 2. The van der Waals surface area contributed by atoms with Crippen LogP contribution >= 0.6 is 0 Å². The van der Waals surface area contributed by atoms with Crippen LogP contribution < -0.4 is 11.1 Å². The number of carbonyl (C=O) groups is 1. The number of nitrogens with one attached hydrogen (secondary N) is 1. The first-order valence-electron chi connectivity index (χ1n) is 6.68. The highest BCUT2D eigenvalue weighted by Gasteiger charge is 2.07. The zero-order chi connectivity index (χ0) is 15.2. The highest BCUT2D eigenvalue weighted by atomic mass is 16.2. The van der Waals surface area contributed by atoms with E-state index in [1.54, 1.807) is 4.68 Å². The second-order valence-corrected chi connectivity index (χ2v) is 4.72. The average Bonchev–Trinajstić information content (AvgIpc) is 2.75. The van der Waals surface area contributed by atoms with Crippen molar-refractivity contribution in [3.8, 4) is 11.8 Å². The van der Waals surface area contributed by atoms with Gasteiger partial charge in [-0.05, 0) is 38.1 Å². The van der Waals surface area contributed by atoms with Gasteiger partial charge >= 0.3 is 0 Å². The number of benzene rings is 1. The van der Waals surface area contributed by atoms with Crippen LogP contribution in [0.4, 0.5) is 5.69 Å². The van der Waals surface area contributed by atoms with Gasteiger partial charge in [-0.3, -0.25) is 9.48 Å². The van der Waals surface area contributed by atoms with Crippen molar-refractivity contribution in [3.63, 3.8) is 0 Å². The molecule has 108 valence electrons. The van der Waals surface area contributed by atoms with Crippen molar-refractivity contribution in [2.75, 3.05) is 11.9 Å². The van der Waals surface area contributed by atoms with Gasteiger partial charge in [0.15, 0.2) is 0 Å². The Kier molecular flexibility index (Phi) is 4.75. The smallest absolute Gasteiger partial charge is 0.246 e. The molecule has 1 heterocycles. The van der Waals surface area contributed by atoms with Gasteiger partial charge in [-0.25, -0.2) is 0 Å². The fourth-order valence-corrected chi connectivity index (χ4v) is 2.00. The van der Waals surface area contributed by atoms with Crippen LogP contribution in [0.1, 0.15) is 17.0 Å². The highest BCUT2D eigenvalue weighted by Crippen LogP contribution is 2.10. The molecular formula is C16H18N4O. The number of amides is 1. The van der Waals surface area contributed by atoms with E-state index in [4.69, 9.17) is 5.73 Å². The lowest BCUT2D eigenvalue weighted by Gasteiger charge is -2.07. The molecule has 0 radical (unpaired) electrons. The Labute approximate surface area is 124 Å². The quantitative estimate of drug-likeness (QED) is 0.837. The van der Waals surface area contributed by atoms with Gasteiger partial charge in [-0.1, -0.05) is 17.9 Å². The van der Waals surface area contributed by atoms with E-state index >= 15 is 0 Å². The molecule has 0 aliphatic rings.